The van der Waals surface area contributed by atoms with Crippen molar-refractivity contribution in [3.05, 3.63) is 50.6 Å². The van der Waals surface area contributed by atoms with E-state index in [0.717, 1.165) is 0 Å². The molecule has 0 amide bonds. The van der Waals surface area contributed by atoms with Crippen LogP contribution in [-0.2, 0) is 0 Å². The van der Waals surface area contributed by atoms with E-state index in [1.54, 1.807) is 24.3 Å². The largest absolute Gasteiger partial charge is 0.327 e. The van der Waals surface area contributed by atoms with Crippen molar-refractivity contribution in [2.45, 2.75) is 0 Å². The van der Waals surface area contributed by atoms with Gasteiger partial charge >= 0.3 is 0 Å². The molecule has 0 bridgehead atoms. The van der Waals surface area contributed by atoms with Crippen molar-refractivity contribution in [3.8, 4) is 0 Å². The number of hydrogen-bond acceptors (Lipinski definition) is 4. The highest BCUT2D eigenvalue weighted by Crippen LogP contribution is 1.41. The molecule has 0 radical (unpaired) electrons. The fourth-order valence-corrected chi connectivity index (χ4v) is 0. The summed E-state index contributed by atoms with van der Waals surface area (Å²) in [4.78, 5) is 0. The third-order valence-electron chi connectivity index (χ3n) is 0.667. The summed E-state index contributed by atoms with van der Waals surface area (Å²) in [5.41, 5.74) is 19.6. The molecule has 0 aromatic carbocycles. The summed E-state index contributed by atoms with van der Waals surface area (Å²) in [6, 6.07) is 0. The molecule has 0 aromatic rings. The summed E-state index contributed by atoms with van der Waals surface area (Å²) in [5.74, 6) is 0. The van der Waals surface area contributed by atoms with Gasteiger partial charge in [0.05, 0.1) is 0 Å². The monoisotopic (exact) mass is 308 g/mol. The lowest BCUT2D eigenvalue weighted by Gasteiger charge is -1.61. The lowest BCUT2D eigenvalue weighted by molar-refractivity contribution is 1.11. The Hall–Kier alpha value is -1.48. The fraction of sp³-hybridized carbons (Fsp3) is 0.333. The normalized spacial score (nSPS) is 5.00. The second-order valence-corrected chi connectivity index (χ2v) is 2.10. The van der Waals surface area contributed by atoms with Gasteiger partial charge in [0, 0.05) is 26.2 Å². The van der Waals surface area contributed by atoms with Crippen LogP contribution in [0.1, 0.15) is 0 Å². The Bertz CT molecular complexity index is 115. The Labute approximate surface area is 119 Å². The third-order valence-corrected chi connectivity index (χ3v) is 0.667. The SMILES string of the molecule is C=CCN.C=CCN.C=CCN.C=CCN.F.F.F.F. The van der Waals surface area contributed by atoms with Gasteiger partial charge in [0.15, 0.2) is 0 Å². The van der Waals surface area contributed by atoms with E-state index >= 15 is 0 Å². The van der Waals surface area contributed by atoms with Gasteiger partial charge in [0.2, 0.25) is 0 Å². The van der Waals surface area contributed by atoms with Gasteiger partial charge in [-0.25, -0.2) is 0 Å². The number of halogens is 4. The maximum atomic E-state index is 4.91. The average molecular weight is 308 g/mol. The molecule has 20 heavy (non-hydrogen) atoms. The van der Waals surface area contributed by atoms with Crippen LogP contribution in [0, 0.1) is 0 Å². The van der Waals surface area contributed by atoms with Crippen LogP contribution in [0.15, 0.2) is 50.6 Å². The fourth-order valence-electron chi connectivity index (χ4n) is 0. The molecule has 0 atom stereocenters. The van der Waals surface area contributed by atoms with E-state index in [0.29, 0.717) is 26.2 Å². The molecule has 0 spiro atoms. The van der Waals surface area contributed by atoms with Crippen LogP contribution < -0.4 is 22.9 Å². The minimum Gasteiger partial charge on any atom is -0.327 e. The van der Waals surface area contributed by atoms with Gasteiger partial charge in [-0.05, 0) is 0 Å². The molecule has 8 heteroatoms. The van der Waals surface area contributed by atoms with Crippen LogP contribution in [-0.4, -0.2) is 26.2 Å². The minimum atomic E-state index is 0. The van der Waals surface area contributed by atoms with Crippen LogP contribution in [0.2, 0.25) is 0 Å². The van der Waals surface area contributed by atoms with Crippen molar-refractivity contribution in [3.63, 3.8) is 0 Å². The van der Waals surface area contributed by atoms with Crippen molar-refractivity contribution in [1.82, 2.24) is 0 Å². The van der Waals surface area contributed by atoms with Gasteiger partial charge < -0.3 is 22.9 Å². The van der Waals surface area contributed by atoms with Gasteiger partial charge in [-0.2, -0.15) is 0 Å². The van der Waals surface area contributed by atoms with Crippen molar-refractivity contribution < 1.29 is 18.8 Å². The second-order valence-electron chi connectivity index (χ2n) is 2.10. The second kappa shape index (κ2) is 112. The van der Waals surface area contributed by atoms with Gasteiger partial charge in [-0.3, -0.25) is 18.8 Å². The molecule has 0 aliphatic rings. The maximum absolute atomic E-state index is 4.91. The Kier molecular flexibility index (Phi) is 289. The predicted octanol–water partition coefficient (Wildman–Crippen LogP) is 1.13. The highest BCUT2D eigenvalue weighted by Gasteiger charge is 1.44. The Morgan fingerprint density at radius 1 is 0.450 bits per heavy atom. The lowest BCUT2D eigenvalue weighted by Crippen LogP contribution is -1.90. The molecule has 0 aromatic heterocycles. The van der Waals surface area contributed by atoms with E-state index < -0.39 is 0 Å². The van der Waals surface area contributed by atoms with Crippen LogP contribution >= 0.6 is 0 Å². The quantitative estimate of drug-likeness (QED) is 0.461. The topological polar surface area (TPSA) is 104 Å². The molecule has 0 aliphatic heterocycles. The molecular formula is C12H32F4N4. The van der Waals surface area contributed by atoms with Crippen LogP contribution in [0.3, 0.4) is 0 Å². The highest BCUT2D eigenvalue weighted by atomic mass is 19.0. The van der Waals surface area contributed by atoms with Crippen molar-refractivity contribution >= 4 is 0 Å². The van der Waals surface area contributed by atoms with E-state index in [4.69, 9.17) is 22.9 Å². The first kappa shape index (κ1) is 51.4. The number of hydrogen-bond donors (Lipinski definition) is 4. The molecule has 0 heterocycles. The molecular weight excluding hydrogens is 276 g/mol. The summed E-state index contributed by atoms with van der Waals surface area (Å²) in [5, 5.41) is 0. The first-order valence-electron chi connectivity index (χ1n) is 4.90. The van der Waals surface area contributed by atoms with Crippen molar-refractivity contribution in [2.75, 3.05) is 26.2 Å². The lowest BCUT2D eigenvalue weighted by atomic mass is 10.7. The highest BCUT2D eigenvalue weighted by molar-refractivity contribution is 4.65. The van der Waals surface area contributed by atoms with Gasteiger partial charge in [0.1, 0.15) is 0 Å². The van der Waals surface area contributed by atoms with E-state index in [1.165, 1.54) is 0 Å². The zero-order valence-corrected chi connectivity index (χ0v) is 11.9. The molecule has 0 saturated carbocycles. The van der Waals surface area contributed by atoms with Gasteiger partial charge in [-0.15, -0.1) is 26.3 Å². The smallest absolute Gasteiger partial charge is 0.0104 e. The first-order valence-corrected chi connectivity index (χ1v) is 4.90. The van der Waals surface area contributed by atoms with Crippen molar-refractivity contribution in [2.24, 2.45) is 22.9 Å². The first-order chi connectivity index (χ1) is 7.66. The summed E-state index contributed by atoms with van der Waals surface area (Å²) in [6.07, 6.45) is 6.61. The molecule has 0 unspecified atom stereocenters. The van der Waals surface area contributed by atoms with E-state index in [2.05, 4.69) is 26.3 Å². The Morgan fingerprint density at radius 2 is 0.500 bits per heavy atom. The molecule has 0 rings (SSSR count). The average Bonchev–Trinajstić information content (AvgIpc) is 2.39. The number of rotatable bonds is 4. The Morgan fingerprint density at radius 3 is 0.500 bits per heavy atom. The molecule has 8 N–H and O–H groups in total. The van der Waals surface area contributed by atoms with Crippen molar-refractivity contribution in [1.29, 1.82) is 0 Å². The van der Waals surface area contributed by atoms with E-state index in [9.17, 15) is 0 Å². The molecule has 0 fully saturated rings. The zero-order chi connectivity index (χ0) is 13.7. The number of nitrogens with two attached hydrogens (primary N) is 4. The standard InChI is InChI=1S/4C3H7N.4FH/c4*1-2-3-4;;;;/h4*2H,1,3-4H2;4*1H. The summed E-state index contributed by atoms with van der Waals surface area (Å²) in [6.45, 7) is 15.8. The molecule has 0 aliphatic carbocycles. The molecule has 4 nitrogen and oxygen atoms in total. The summed E-state index contributed by atoms with van der Waals surface area (Å²) >= 11 is 0. The van der Waals surface area contributed by atoms with Crippen LogP contribution in [0.25, 0.3) is 0 Å². The molecule has 128 valence electrons. The van der Waals surface area contributed by atoms with Gasteiger partial charge in [-0.1, -0.05) is 24.3 Å². The summed E-state index contributed by atoms with van der Waals surface area (Å²) in [7, 11) is 0. The Balaban J connectivity index is -0.0000000150. The third kappa shape index (κ3) is 627. The maximum Gasteiger partial charge on any atom is 0.0104 e. The van der Waals surface area contributed by atoms with Gasteiger partial charge in [0.25, 0.3) is 0 Å². The molecule has 0 saturated heterocycles. The van der Waals surface area contributed by atoms with E-state index in [1.807, 2.05) is 0 Å². The van der Waals surface area contributed by atoms with Crippen LogP contribution in [0.5, 0.6) is 0 Å². The minimum absolute atomic E-state index is 0. The summed E-state index contributed by atoms with van der Waals surface area (Å²) < 4.78 is 0. The van der Waals surface area contributed by atoms with Crippen LogP contribution in [0.4, 0.5) is 18.8 Å². The van der Waals surface area contributed by atoms with E-state index in [-0.39, 0.29) is 18.8 Å². The predicted molar refractivity (Wildman–Crippen MR) is 87.0 cm³/mol. The zero-order valence-electron chi connectivity index (χ0n) is 11.9.